The minimum absolute atomic E-state index is 0.0484. The van der Waals surface area contributed by atoms with E-state index in [1.807, 2.05) is 0 Å². The SMILES string of the molecule is CCCc1cccc(C(CCCCCN)c2cnc(-c3cc(Oc4c(F)cc5[nH]ccc5c4CCC(=O)O)ccc3F)[nH]2)c1.COC=O. The van der Waals surface area contributed by atoms with Crippen LogP contribution in [0.2, 0.25) is 0 Å². The van der Waals surface area contributed by atoms with Crippen LogP contribution in [-0.2, 0) is 27.2 Å². The van der Waals surface area contributed by atoms with E-state index >= 15 is 8.78 Å². The van der Waals surface area contributed by atoms with Crippen LogP contribution in [-0.4, -0.2) is 46.2 Å². The molecular formula is C37H42F2N4O5. The summed E-state index contributed by atoms with van der Waals surface area (Å²) in [5, 5.41) is 9.93. The Kier molecular flexibility index (Phi) is 13.3. The molecule has 5 rings (SSSR count). The summed E-state index contributed by atoms with van der Waals surface area (Å²) in [7, 11) is 1.31. The number of carboxylic acid groups (broad SMARTS) is 1. The van der Waals surface area contributed by atoms with Crippen LogP contribution in [0.15, 0.2) is 67.0 Å². The number of benzene rings is 3. The first-order chi connectivity index (χ1) is 23.3. The number of rotatable bonds is 16. The van der Waals surface area contributed by atoms with E-state index in [1.165, 1.54) is 42.5 Å². The highest BCUT2D eigenvalue weighted by Gasteiger charge is 2.21. The van der Waals surface area contributed by atoms with Gasteiger partial charge < -0.3 is 30.3 Å². The summed E-state index contributed by atoms with van der Waals surface area (Å²) < 4.78 is 40.3. The van der Waals surface area contributed by atoms with Crippen LogP contribution < -0.4 is 10.5 Å². The summed E-state index contributed by atoms with van der Waals surface area (Å²) in [6.45, 7) is 3.20. The summed E-state index contributed by atoms with van der Waals surface area (Å²) in [5.41, 5.74) is 10.2. The summed E-state index contributed by atoms with van der Waals surface area (Å²) in [4.78, 5) is 31.1. The van der Waals surface area contributed by atoms with Crippen molar-refractivity contribution < 1.29 is 33.0 Å². The zero-order chi connectivity index (χ0) is 34.5. The quantitative estimate of drug-likeness (QED) is 0.0620. The van der Waals surface area contributed by atoms with E-state index in [4.69, 9.17) is 15.3 Å². The average Bonchev–Trinajstić information content (AvgIpc) is 3.76. The number of unbranched alkanes of at least 4 members (excludes halogenated alkanes) is 2. The minimum atomic E-state index is -1.00. The molecule has 0 saturated carbocycles. The number of carboxylic acids is 1. The Morgan fingerprint density at radius 2 is 1.88 bits per heavy atom. The van der Waals surface area contributed by atoms with Crippen LogP contribution in [0, 0.1) is 11.6 Å². The van der Waals surface area contributed by atoms with Crippen LogP contribution in [0.25, 0.3) is 22.3 Å². The number of aromatic nitrogens is 3. The number of methoxy groups -OCH3 is 1. The van der Waals surface area contributed by atoms with Gasteiger partial charge in [0, 0.05) is 53.0 Å². The maximum absolute atomic E-state index is 15.3. The molecule has 0 aliphatic rings. The molecule has 0 radical (unpaired) electrons. The van der Waals surface area contributed by atoms with Crippen molar-refractivity contribution in [1.82, 2.24) is 15.0 Å². The number of nitrogens with two attached hydrogens (primary N) is 1. The van der Waals surface area contributed by atoms with Gasteiger partial charge in [-0.1, -0.05) is 50.5 Å². The van der Waals surface area contributed by atoms with Crippen LogP contribution in [0.1, 0.15) is 73.8 Å². The maximum atomic E-state index is 15.3. The Labute approximate surface area is 278 Å². The van der Waals surface area contributed by atoms with E-state index < -0.39 is 17.6 Å². The van der Waals surface area contributed by atoms with Crippen molar-refractivity contribution in [2.75, 3.05) is 13.7 Å². The van der Waals surface area contributed by atoms with Gasteiger partial charge in [-0.25, -0.2) is 13.8 Å². The number of aromatic amines is 2. The molecule has 5 N–H and O–H groups in total. The van der Waals surface area contributed by atoms with Crippen molar-refractivity contribution in [3.63, 3.8) is 0 Å². The van der Waals surface area contributed by atoms with E-state index in [-0.39, 0.29) is 35.8 Å². The minimum Gasteiger partial charge on any atom is -0.481 e. The zero-order valence-corrected chi connectivity index (χ0v) is 27.2. The Bertz CT molecular complexity index is 1800. The van der Waals surface area contributed by atoms with Crippen molar-refractivity contribution in [2.24, 2.45) is 5.73 Å². The highest BCUT2D eigenvalue weighted by molar-refractivity contribution is 5.86. The van der Waals surface area contributed by atoms with Gasteiger partial charge in [-0.15, -0.1) is 0 Å². The number of nitrogens with zero attached hydrogens (tertiary/aromatic N) is 1. The second-order valence-corrected chi connectivity index (χ2v) is 11.4. The number of ether oxygens (including phenoxy) is 2. The summed E-state index contributed by atoms with van der Waals surface area (Å²) in [5.74, 6) is -1.64. The van der Waals surface area contributed by atoms with Gasteiger partial charge in [0.05, 0.1) is 12.7 Å². The molecule has 9 nitrogen and oxygen atoms in total. The second kappa shape index (κ2) is 17.8. The molecule has 48 heavy (non-hydrogen) atoms. The highest BCUT2D eigenvalue weighted by Crippen LogP contribution is 2.37. The van der Waals surface area contributed by atoms with Crippen molar-refractivity contribution in [2.45, 2.75) is 64.2 Å². The number of hydrogen-bond acceptors (Lipinski definition) is 6. The number of H-pyrrole nitrogens is 2. The third kappa shape index (κ3) is 9.28. The number of fused-ring (bicyclic) bond motifs is 1. The lowest BCUT2D eigenvalue weighted by atomic mass is 9.89. The van der Waals surface area contributed by atoms with E-state index in [1.54, 1.807) is 18.5 Å². The third-order valence-corrected chi connectivity index (χ3v) is 8.02. The number of hydrogen-bond donors (Lipinski definition) is 4. The molecule has 254 valence electrons. The van der Waals surface area contributed by atoms with E-state index in [0.717, 1.165) is 44.2 Å². The fourth-order valence-electron chi connectivity index (χ4n) is 5.76. The van der Waals surface area contributed by atoms with Crippen LogP contribution in [0.5, 0.6) is 11.5 Å². The van der Waals surface area contributed by atoms with Crippen LogP contribution in [0.4, 0.5) is 8.78 Å². The molecule has 11 heteroatoms. The van der Waals surface area contributed by atoms with Gasteiger partial charge >= 0.3 is 5.97 Å². The van der Waals surface area contributed by atoms with E-state index in [2.05, 4.69) is 50.9 Å². The Morgan fingerprint density at radius 1 is 1.06 bits per heavy atom. The smallest absolute Gasteiger partial charge is 0.303 e. The molecule has 0 spiro atoms. The molecule has 0 saturated heterocycles. The van der Waals surface area contributed by atoms with Gasteiger partial charge in [-0.2, -0.15) is 0 Å². The standard InChI is InChI=1S/C35H38F2N4O3.C2H4O2/c1-2-7-22-8-6-9-23(18-22)25(10-4-3-5-16-38)32-21-40-35(41-32)28-19-24(11-13-29(28)36)44-34-27(12-14-33(42)43)26-15-17-39-31(26)20-30(34)37;1-4-2-3/h6,8-9,11,13,15,17-21,25,39H,2-5,7,10,12,14,16,38H2,1H3,(H,40,41)(H,42,43);2H,1H3. The number of imidazole rings is 1. The largest absolute Gasteiger partial charge is 0.481 e. The molecule has 3 aromatic carbocycles. The number of carbonyl (C=O) groups excluding carboxylic acids is 1. The summed E-state index contributed by atoms with van der Waals surface area (Å²) in [6.07, 6.45) is 9.21. The van der Waals surface area contributed by atoms with Gasteiger partial charge in [0.1, 0.15) is 17.4 Å². The van der Waals surface area contributed by atoms with Crippen molar-refractivity contribution in [1.29, 1.82) is 0 Å². The van der Waals surface area contributed by atoms with E-state index in [9.17, 15) is 9.90 Å². The third-order valence-electron chi connectivity index (χ3n) is 8.02. The monoisotopic (exact) mass is 660 g/mol. The van der Waals surface area contributed by atoms with Crippen molar-refractivity contribution >= 4 is 23.3 Å². The maximum Gasteiger partial charge on any atom is 0.303 e. The fourth-order valence-corrected chi connectivity index (χ4v) is 5.76. The lowest BCUT2D eigenvalue weighted by molar-refractivity contribution is -0.137. The number of halogens is 2. The first kappa shape index (κ1) is 35.8. The van der Waals surface area contributed by atoms with Crippen LogP contribution >= 0.6 is 0 Å². The predicted octanol–water partition coefficient (Wildman–Crippen LogP) is 8.04. The number of aliphatic carboxylic acids is 1. The van der Waals surface area contributed by atoms with Crippen molar-refractivity contribution in [3.8, 4) is 22.9 Å². The van der Waals surface area contributed by atoms with Gasteiger partial charge in [-0.3, -0.25) is 9.59 Å². The number of nitrogens with one attached hydrogen (secondary N) is 2. The Hall–Kier alpha value is -5.03. The second-order valence-electron chi connectivity index (χ2n) is 11.4. The Balaban J connectivity index is 0.00000123. The number of aryl methyl sites for hydroxylation is 2. The topological polar surface area (TPSA) is 143 Å². The fraction of sp³-hybridized carbons (Fsp3) is 0.324. The van der Waals surface area contributed by atoms with Gasteiger partial charge in [-0.05, 0) is 67.6 Å². The van der Waals surface area contributed by atoms with Crippen molar-refractivity contribution in [3.05, 3.63) is 101 Å². The molecule has 0 aliphatic carbocycles. The normalized spacial score (nSPS) is 11.5. The lowest BCUT2D eigenvalue weighted by Gasteiger charge is -2.17. The molecule has 0 aliphatic heterocycles. The molecule has 5 aromatic rings. The molecule has 0 bridgehead atoms. The first-order valence-electron chi connectivity index (χ1n) is 16.1. The zero-order valence-electron chi connectivity index (χ0n) is 27.2. The Morgan fingerprint density at radius 3 is 2.60 bits per heavy atom. The molecule has 1 unspecified atom stereocenters. The number of carbonyl (C=O) groups is 2. The van der Waals surface area contributed by atoms with Gasteiger partial charge in [0.2, 0.25) is 0 Å². The molecule has 2 aromatic heterocycles. The molecule has 2 heterocycles. The molecule has 0 amide bonds. The molecular weight excluding hydrogens is 618 g/mol. The predicted molar refractivity (Wildman–Crippen MR) is 181 cm³/mol. The molecule has 1 atom stereocenters. The summed E-state index contributed by atoms with van der Waals surface area (Å²) in [6, 6.07) is 15.8. The molecule has 0 fully saturated rings. The van der Waals surface area contributed by atoms with Crippen LogP contribution in [0.3, 0.4) is 0 Å². The van der Waals surface area contributed by atoms with Gasteiger partial charge in [0.15, 0.2) is 11.6 Å². The summed E-state index contributed by atoms with van der Waals surface area (Å²) >= 11 is 0. The van der Waals surface area contributed by atoms with E-state index in [0.29, 0.717) is 35.3 Å². The first-order valence-corrected chi connectivity index (χ1v) is 16.1. The highest BCUT2D eigenvalue weighted by atomic mass is 19.1. The van der Waals surface area contributed by atoms with Gasteiger partial charge in [0.25, 0.3) is 6.47 Å². The lowest BCUT2D eigenvalue weighted by Crippen LogP contribution is -2.04. The average molecular weight is 661 g/mol.